The zero-order valence-corrected chi connectivity index (χ0v) is 12.4. The van der Waals surface area contributed by atoms with E-state index in [2.05, 4.69) is 0 Å². The van der Waals surface area contributed by atoms with Gasteiger partial charge in [0.15, 0.2) is 0 Å². The Labute approximate surface area is 130 Å². The molecule has 0 aliphatic carbocycles. The second-order valence-corrected chi connectivity index (χ2v) is 6.53. The third-order valence-corrected chi connectivity index (χ3v) is 4.33. The van der Waals surface area contributed by atoms with E-state index < -0.39 is 26.5 Å². The van der Waals surface area contributed by atoms with E-state index in [1.807, 2.05) is 0 Å². The van der Waals surface area contributed by atoms with E-state index >= 15 is 0 Å². The van der Waals surface area contributed by atoms with Crippen LogP contribution in [-0.2, 0) is 9.84 Å². The van der Waals surface area contributed by atoms with Crippen LogP contribution in [0.2, 0.25) is 5.02 Å². The molecular weight excluding hydrogens is 338 g/mol. The van der Waals surface area contributed by atoms with Gasteiger partial charge in [-0.25, -0.2) is 13.2 Å². The molecule has 0 fully saturated rings. The molecule has 0 aromatic heterocycles. The van der Waals surface area contributed by atoms with Crippen molar-refractivity contribution in [3.05, 3.63) is 59.1 Å². The maximum Gasteiger partial charge on any atom is 0.343 e. The Bertz CT molecular complexity index is 771. The van der Waals surface area contributed by atoms with Gasteiger partial charge in [-0.15, -0.1) is 0 Å². The molecule has 0 aliphatic heterocycles. The third-order valence-electron chi connectivity index (χ3n) is 2.68. The van der Waals surface area contributed by atoms with Gasteiger partial charge in [-0.05, 0) is 48.5 Å². The van der Waals surface area contributed by atoms with Crippen LogP contribution < -0.4 is 4.74 Å². The smallest absolute Gasteiger partial charge is 0.343 e. The fourth-order valence-electron chi connectivity index (χ4n) is 1.55. The van der Waals surface area contributed by atoms with Crippen LogP contribution in [0.1, 0.15) is 10.4 Å². The van der Waals surface area contributed by atoms with Crippen LogP contribution in [0, 0.1) is 0 Å². The van der Waals surface area contributed by atoms with E-state index in [9.17, 15) is 22.0 Å². The second kappa shape index (κ2) is 6.41. The largest absolute Gasteiger partial charge is 0.423 e. The fourth-order valence-corrected chi connectivity index (χ4v) is 2.40. The highest BCUT2D eigenvalue weighted by atomic mass is 35.5. The molecule has 4 nitrogen and oxygen atoms in total. The van der Waals surface area contributed by atoms with Crippen molar-refractivity contribution in [2.24, 2.45) is 0 Å². The van der Waals surface area contributed by atoms with E-state index in [1.54, 1.807) is 0 Å². The van der Waals surface area contributed by atoms with Crippen LogP contribution in [0.3, 0.4) is 0 Å². The number of carbonyl (C=O) groups excluding carboxylic acids is 1. The number of hydrogen-bond acceptors (Lipinski definition) is 4. The van der Waals surface area contributed by atoms with Crippen LogP contribution in [0.15, 0.2) is 53.4 Å². The average molecular weight is 347 g/mol. The second-order valence-electron chi connectivity index (χ2n) is 4.17. The normalized spacial score (nSPS) is 11.5. The summed E-state index contributed by atoms with van der Waals surface area (Å²) in [7, 11) is -4.68. The molecule has 2 rings (SSSR count). The van der Waals surface area contributed by atoms with Gasteiger partial charge < -0.3 is 4.74 Å². The molecule has 116 valence electrons. The summed E-state index contributed by atoms with van der Waals surface area (Å²) in [6.45, 7) is 0. The number of esters is 1. The zero-order valence-electron chi connectivity index (χ0n) is 10.9. The van der Waals surface area contributed by atoms with Gasteiger partial charge in [0, 0.05) is 5.02 Å². The van der Waals surface area contributed by atoms with Crippen molar-refractivity contribution in [1.82, 2.24) is 0 Å². The number of alkyl halides is 2. The zero-order chi connectivity index (χ0) is 16.3. The van der Waals surface area contributed by atoms with E-state index in [0.717, 1.165) is 24.3 Å². The van der Waals surface area contributed by atoms with Crippen molar-refractivity contribution in [1.29, 1.82) is 0 Å². The van der Waals surface area contributed by atoms with Crippen molar-refractivity contribution >= 4 is 27.4 Å². The van der Waals surface area contributed by atoms with Gasteiger partial charge in [-0.2, -0.15) is 8.78 Å². The van der Waals surface area contributed by atoms with Crippen molar-refractivity contribution in [3.63, 3.8) is 0 Å². The summed E-state index contributed by atoms with van der Waals surface area (Å²) in [4.78, 5) is 11.3. The molecule has 0 unspecified atom stereocenters. The molecule has 0 heterocycles. The first-order chi connectivity index (χ1) is 10.3. The summed E-state index contributed by atoms with van der Waals surface area (Å²) >= 11 is 5.69. The molecule has 2 aromatic carbocycles. The maximum atomic E-state index is 12.4. The number of benzene rings is 2. The molecule has 0 N–H and O–H groups in total. The van der Waals surface area contributed by atoms with Gasteiger partial charge in [0.1, 0.15) is 5.75 Å². The van der Waals surface area contributed by atoms with Gasteiger partial charge in [0.2, 0.25) is 9.84 Å². The Hall–Kier alpha value is -1.99. The van der Waals surface area contributed by atoms with Crippen molar-refractivity contribution in [2.45, 2.75) is 10.7 Å². The number of hydrogen-bond donors (Lipinski definition) is 0. The Morgan fingerprint density at radius 2 is 1.55 bits per heavy atom. The third kappa shape index (κ3) is 3.61. The predicted octanol–water partition coefficient (Wildman–Crippen LogP) is 3.56. The van der Waals surface area contributed by atoms with E-state index in [1.165, 1.54) is 24.3 Å². The summed E-state index contributed by atoms with van der Waals surface area (Å²) in [6.07, 6.45) is 0. The van der Waals surface area contributed by atoms with Gasteiger partial charge in [0.05, 0.1) is 10.5 Å². The summed E-state index contributed by atoms with van der Waals surface area (Å²) in [5.41, 5.74) is 0.0307. The van der Waals surface area contributed by atoms with Gasteiger partial charge in [0.25, 0.3) is 0 Å². The van der Waals surface area contributed by atoms with E-state index in [4.69, 9.17) is 16.3 Å². The molecule has 0 amide bonds. The molecule has 0 bridgehead atoms. The minimum absolute atomic E-state index is 0.0307. The van der Waals surface area contributed by atoms with E-state index in [0.29, 0.717) is 5.02 Å². The van der Waals surface area contributed by atoms with Crippen molar-refractivity contribution in [3.8, 4) is 5.75 Å². The Morgan fingerprint density at radius 3 is 2.05 bits per heavy atom. The average Bonchev–Trinajstić information content (AvgIpc) is 2.49. The monoisotopic (exact) mass is 346 g/mol. The number of ether oxygens (including phenoxy) is 1. The molecule has 22 heavy (non-hydrogen) atoms. The van der Waals surface area contributed by atoms with Gasteiger partial charge >= 0.3 is 11.7 Å². The Morgan fingerprint density at radius 1 is 1.00 bits per heavy atom. The van der Waals surface area contributed by atoms with Crippen molar-refractivity contribution < 1.29 is 26.7 Å². The van der Waals surface area contributed by atoms with Crippen LogP contribution >= 0.6 is 11.6 Å². The SMILES string of the molecule is O=C(Oc1ccc(Cl)cc1)c1ccc(S(=O)(=O)C(F)F)cc1. The van der Waals surface area contributed by atoms with Crippen molar-refractivity contribution in [2.75, 3.05) is 0 Å². The van der Waals surface area contributed by atoms with Gasteiger partial charge in [-0.3, -0.25) is 0 Å². The lowest BCUT2D eigenvalue weighted by atomic mass is 10.2. The molecule has 2 aromatic rings. The highest BCUT2D eigenvalue weighted by Crippen LogP contribution is 2.20. The molecule has 0 radical (unpaired) electrons. The maximum absolute atomic E-state index is 12.4. The lowest BCUT2D eigenvalue weighted by Crippen LogP contribution is -2.12. The molecule has 0 atom stereocenters. The van der Waals surface area contributed by atoms with Crippen LogP contribution in [0.25, 0.3) is 0 Å². The number of halogens is 3. The first-order valence-electron chi connectivity index (χ1n) is 5.90. The summed E-state index contributed by atoms with van der Waals surface area (Å²) < 4.78 is 52.3. The molecule has 0 spiro atoms. The number of rotatable bonds is 4. The minimum atomic E-state index is -4.68. The Kier molecular flexibility index (Phi) is 4.77. The minimum Gasteiger partial charge on any atom is -0.423 e. The predicted molar refractivity (Wildman–Crippen MR) is 76.0 cm³/mol. The molecule has 0 aliphatic rings. The van der Waals surface area contributed by atoms with Crippen LogP contribution in [0.5, 0.6) is 5.75 Å². The molecule has 8 heteroatoms. The Balaban J connectivity index is 2.16. The first-order valence-corrected chi connectivity index (χ1v) is 7.83. The summed E-state index contributed by atoms with van der Waals surface area (Å²) in [5.74, 6) is -4.01. The number of carbonyl (C=O) groups is 1. The van der Waals surface area contributed by atoms with Gasteiger partial charge in [-0.1, -0.05) is 11.6 Å². The molecular formula is C14H9ClF2O4S. The lowest BCUT2D eigenvalue weighted by molar-refractivity contribution is 0.0734. The van der Waals surface area contributed by atoms with E-state index in [-0.39, 0.29) is 11.3 Å². The summed E-state index contributed by atoms with van der Waals surface area (Å²) in [6, 6.07) is 10.1. The highest BCUT2D eigenvalue weighted by Gasteiger charge is 2.26. The topological polar surface area (TPSA) is 60.4 Å². The standard InChI is InChI=1S/C14H9ClF2O4S/c15-10-3-5-11(6-4-10)21-13(18)9-1-7-12(8-2-9)22(19,20)14(16)17/h1-8,14H. The molecule has 0 saturated carbocycles. The first kappa shape index (κ1) is 16.4. The quantitative estimate of drug-likeness (QED) is 0.627. The molecule has 0 saturated heterocycles. The van der Waals surface area contributed by atoms with Crippen LogP contribution in [0.4, 0.5) is 8.78 Å². The van der Waals surface area contributed by atoms with Crippen LogP contribution in [-0.4, -0.2) is 20.1 Å². The number of sulfone groups is 1. The summed E-state index contributed by atoms with van der Waals surface area (Å²) in [5, 5.41) is 0.473. The fraction of sp³-hybridized carbons (Fsp3) is 0.0714. The highest BCUT2D eigenvalue weighted by molar-refractivity contribution is 7.91. The lowest BCUT2D eigenvalue weighted by Gasteiger charge is -2.06.